The summed E-state index contributed by atoms with van der Waals surface area (Å²) < 4.78 is 19.0. The second kappa shape index (κ2) is 5.19. The molecule has 0 heterocycles. The predicted molar refractivity (Wildman–Crippen MR) is 68.1 cm³/mol. The van der Waals surface area contributed by atoms with Gasteiger partial charge >= 0.3 is 0 Å². The summed E-state index contributed by atoms with van der Waals surface area (Å²) in [5.41, 5.74) is 1.12. The summed E-state index contributed by atoms with van der Waals surface area (Å²) in [5.74, 6) is -0.0100. The first kappa shape index (κ1) is 12.6. The number of carbonyl (C=O) groups is 1. The summed E-state index contributed by atoms with van der Waals surface area (Å²) >= 11 is 5.89. The summed E-state index contributed by atoms with van der Waals surface area (Å²) in [7, 11) is 0. The number of ether oxygens (including phenoxy) is 1. The van der Waals surface area contributed by atoms with Crippen LogP contribution < -0.4 is 4.74 Å². The van der Waals surface area contributed by atoms with Crippen LogP contribution in [0, 0.1) is 12.7 Å². The molecule has 0 unspecified atom stereocenters. The van der Waals surface area contributed by atoms with E-state index in [1.165, 1.54) is 12.1 Å². The van der Waals surface area contributed by atoms with Crippen molar-refractivity contribution in [2.75, 3.05) is 0 Å². The Morgan fingerprint density at radius 1 is 1.22 bits per heavy atom. The number of aldehydes is 1. The molecule has 0 atom stereocenters. The topological polar surface area (TPSA) is 26.3 Å². The second-order valence-corrected chi connectivity index (χ2v) is 4.23. The fourth-order valence-electron chi connectivity index (χ4n) is 1.48. The van der Waals surface area contributed by atoms with Crippen molar-refractivity contribution in [3.63, 3.8) is 0 Å². The molecule has 18 heavy (non-hydrogen) atoms. The third-order valence-corrected chi connectivity index (χ3v) is 2.87. The summed E-state index contributed by atoms with van der Waals surface area (Å²) in [6.07, 6.45) is 0.583. The van der Waals surface area contributed by atoms with Crippen LogP contribution in [0.5, 0.6) is 11.5 Å². The Balaban J connectivity index is 2.28. The maximum atomic E-state index is 13.6. The molecule has 0 fully saturated rings. The molecule has 0 radical (unpaired) electrons. The van der Waals surface area contributed by atoms with Crippen LogP contribution in [0.15, 0.2) is 36.4 Å². The normalized spacial score (nSPS) is 10.2. The van der Waals surface area contributed by atoms with Crippen LogP contribution in [0.2, 0.25) is 5.02 Å². The molecule has 0 N–H and O–H groups in total. The van der Waals surface area contributed by atoms with Crippen LogP contribution in [0.4, 0.5) is 4.39 Å². The van der Waals surface area contributed by atoms with E-state index in [0.717, 1.165) is 11.6 Å². The highest BCUT2D eigenvalue weighted by molar-refractivity contribution is 6.31. The molecule has 0 saturated heterocycles. The highest BCUT2D eigenvalue weighted by Crippen LogP contribution is 2.27. The predicted octanol–water partition coefficient (Wildman–Crippen LogP) is 4.39. The van der Waals surface area contributed by atoms with Crippen molar-refractivity contribution < 1.29 is 13.9 Å². The van der Waals surface area contributed by atoms with Gasteiger partial charge in [0.25, 0.3) is 0 Å². The van der Waals surface area contributed by atoms with Crippen LogP contribution >= 0.6 is 11.6 Å². The van der Waals surface area contributed by atoms with Crippen molar-refractivity contribution in [2.45, 2.75) is 6.92 Å². The van der Waals surface area contributed by atoms with Gasteiger partial charge in [-0.15, -0.1) is 0 Å². The third-order valence-electron chi connectivity index (χ3n) is 2.45. The molecule has 0 aliphatic carbocycles. The molecule has 0 saturated carbocycles. The molecule has 0 aliphatic heterocycles. The first-order chi connectivity index (χ1) is 8.60. The Labute approximate surface area is 109 Å². The van der Waals surface area contributed by atoms with Crippen molar-refractivity contribution in [3.8, 4) is 11.5 Å². The van der Waals surface area contributed by atoms with Crippen molar-refractivity contribution in [3.05, 3.63) is 58.4 Å². The van der Waals surface area contributed by atoms with Crippen molar-refractivity contribution in [1.29, 1.82) is 0 Å². The van der Waals surface area contributed by atoms with Gasteiger partial charge in [-0.05, 0) is 48.9 Å². The number of benzene rings is 2. The zero-order valence-corrected chi connectivity index (χ0v) is 10.4. The van der Waals surface area contributed by atoms with Crippen LogP contribution in [-0.4, -0.2) is 6.29 Å². The second-order valence-electron chi connectivity index (χ2n) is 3.82. The van der Waals surface area contributed by atoms with Gasteiger partial charge in [0.05, 0.1) is 0 Å². The van der Waals surface area contributed by atoms with Crippen LogP contribution in [0.25, 0.3) is 0 Å². The number of rotatable bonds is 3. The van der Waals surface area contributed by atoms with Gasteiger partial charge in [-0.2, -0.15) is 0 Å². The largest absolute Gasteiger partial charge is 0.454 e. The van der Waals surface area contributed by atoms with Crippen molar-refractivity contribution >= 4 is 17.9 Å². The van der Waals surface area contributed by atoms with E-state index in [1.54, 1.807) is 18.2 Å². The molecule has 2 aromatic rings. The standard InChI is InChI=1S/C14H10ClFO2/c1-9-6-11(3-4-12(9)15)18-14-5-2-10(8-17)7-13(14)16/h2-8H,1H3. The van der Waals surface area contributed by atoms with Crippen molar-refractivity contribution in [2.24, 2.45) is 0 Å². The van der Waals surface area contributed by atoms with Crippen molar-refractivity contribution in [1.82, 2.24) is 0 Å². The van der Waals surface area contributed by atoms with Crippen LogP contribution in [-0.2, 0) is 0 Å². The van der Waals surface area contributed by atoms with E-state index >= 15 is 0 Å². The van der Waals surface area contributed by atoms with E-state index in [-0.39, 0.29) is 11.3 Å². The maximum absolute atomic E-state index is 13.6. The van der Waals surface area contributed by atoms with Gasteiger partial charge in [0.15, 0.2) is 11.6 Å². The lowest BCUT2D eigenvalue weighted by Gasteiger charge is -2.08. The molecular formula is C14H10ClFO2. The van der Waals surface area contributed by atoms with Gasteiger partial charge < -0.3 is 4.74 Å². The summed E-state index contributed by atoms with van der Waals surface area (Å²) in [6, 6.07) is 9.10. The van der Waals surface area contributed by atoms with E-state index in [2.05, 4.69) is 0 Å². The summed E-state index contributed by atoms with van der Waals surface area (Å²) in [6.45, 7) is 1.83. The van der Waals surface area contributed by atoms with E-state index in [0.29, 0.717) is 17.1 Å². The Morgan fingerprint density at radius 3 is 2.61 bits per heavy atom. The lowest BCUT2D eigenvalue weighted by atomic mass is 10.2. The molecular weight excluding hydrogens is 255 g/mol. The van der Waals surface area contributed by atoms with Gasteiger partial charge in [-0.3, -0.25) is 4.79 Å². The molecule has 0 aliphatic rings. The minimum atomic E-state index is -0.577. The number of halogens is 2. The fraction of sp³-hybridized carbons (Fsp3) is 0.0714. The molecule has 4 heteroatoms. The zero-order valence-electron chi connectivity index (χ0n) is 9.61. The Kier molecular flexibility index (Phi) is 3.63. The minimum absolute atomic E-state index is 0.0716. The third kappa shape index (κ3) is 2.68. The number of aryl methyl sites for hydroxylation is 1. The van der Waals surface area contributed by atoms with E-state index in [9.17, 15) is 9.18 Å². The number of hydrogen-bond donors (Lipinski definition) is 0. The van der Waals surface area contributed by atoms with E-state index in [4.69, 9.17) is 16.3 Å². The molecule has 92 valence electrons. The van der Waals surface area contributed by atoms with Gasteiger partial charge in [-0.25, -0.2) is 4.39 Å². The SMILES string of the molecule is Cc1cc(Oc2ccc(C=O)cc2F)ccc1Cl. The van der Waals surface area contributed by atoms with Gasteiger partial charge in [0, 0.05) is 10.6 Å². The maximum Gasteiger partial charge on any atom is 0.166 e. The molecule has 2 rings (SSSR count). The Morgan fingerprint density at radius 2 is 2.00 bits per heavy atom. The highest BCUT2D eigenvalue weighted by Gasteiger charge is 2.06. The number of carbonyl (C=O) groups excluding carboxylic acids is 1. The highest BCUT2D eigenvalue weighted by atomic mass is 35.5. The molecule has 0 aromatic heterocycles. The average Bonchev–Trinajstić information content (AvgIpc) is 2.36. The quantitative estimate of drug-likeness (QED) is 0.769. The van der Waals surface area contributed by atoms with Gasteiger partial charge in [0.2, 0.25) is 0 Å². The molecule has 0 spiro atoms. The average molecular weight is 265 g/mol. The monoisotopic (exact) mass is 264 g/mol. The summed E-state index contributed by atoms with van der Waals surface area (Å²) in [4.78, 5) is 10.5. The fourth-order valence-corrected chi connectivity index (χ4v) is 1.60. The van der Waals surface area contributed by atoms with Gasteiger partial charge in [0.1, 0.15) is 12.0 Å². The van der Waals surface area contributed by atoms with E-state index in [1.807, 2.05) is 6.92 Å². The Bertz CT molecular complexity index is 596. The number of hydrogen-bond acceptors (Lipinski definition) is 2. The Hall–Kier alpha value is -1.87. The molecule has 0 amide bonds. The molecule has 2 nitrogen and oxygen atoms in total. The van der Waals surface area contributed by atoms with E-state index < -0.39 is 5.82 Å². The summed E-state index contributed by atoms with van der Waals surface area (Å²) in [5, 5.41) is 0.624. The van der Waals surface area contributed by atoms with Gasteiger partial charge in [-0.1, -0.05) is 11.6 Å². The zero-order chi connectivity index (χ0) is 13.1. The minimum Gasteiger partial charge on any atom is -0.454 e. The molecule has 2 aromatic carbocycles. The first-order valence-corrected chi connectivity index (χ1v) is 5.66. The lowest BCUT2D eigenvalue weighted by Crippen LogP contribution is -1.91. The van der Waals surface area contributed by atoms with Crippen LogP contribution in [0.3, 0.4) is 0 Å². The smallest absolute Gasteiger partial charge is 0.166 e. The first-order valence-electron chi connectivity index (χ1n) is 5.29. The lowest BCUT2D eigenvalue weighted by molar-refractivity contribution is 0.112. The van der Waals surface area contributed by atoms with Crippen LogP contribution in [0.1, 0.15) is 15.9 Å². The molecule has 0 bridgehead atoms.